The number of hydrogen-bond donors (Lipinski definition) is 5. The van der Waals surface area contributed by atoms with Crippen LogP contribution in [0.2, 0.25) is 0 Å². The van der Waals surface area contributed by atoms with Crippen molar-refractivity contribution in [3.8, 4) is 11.8 Å². The van der Waals surface area contributed by atoms with Crippen molar-refractivity contribution in [3.05, 3.63) is 170 Å². The van der Waals surface area contributed by atoms with Crippen LogP contribution in [0, 0.1) is 106 Å². The van der Waals surface area contributed by atoms with Gasteiger partial charge in [-0.25, -0.2) is 0 Å². The zero-order valence-corrected chi connectivity index (χ0v) is 53.2. The predicted molar refractivity (Wildman–Crippen MR) is 354 cm³/mol. The van der Waals surface area contributed by atoms with Gasteiger partial charge in [-0.05, 0) is 233 Å². The summed E-state index contributed by atoms with van der Waals surface area (Å²) in [4.78, 5) is 14.7. The molecule has 3 aromatic carbocycles. The first-order chi connectivity index (χ1) is 42.7. The maximum absolute atomic E-state index is 14.7. The van der Waals surface area contributed by atoms with Crippen LogP contribution in [0.3, 0.4) is 0 Å². The van der Waals surface area contributed by atoms with Gasteiger partial charge in [-0.2, -0.15) is 0 Å². The smallest absolute Gasteiger partial charge is 0.306 e. The molecular formula is C82H98N2O4. The molecule has 5 N–H and O–H groups in total. The Morgan fingerprint density at radius 3 is 2.48 bits per heavy atom. The molecule has 6 aliphatic heterocycles. The van der Waals surface area contributed by atoms with Crippen LogP contribution >= 0.6 is 0 Å². The van der Waals surface area contributed by atoms with Crippen LogP contribution in [-0.4, -0.2) is 46.6 Å². The van der Waals surface area contributed by atoms with Crippen molar-refractivity contribution in [1.82, 2.24) is 10.6 Å². The highest BCUT2D eigenvalue weighted by molar-refractivity contribution is 5.80. The fraction of sp³-hybridized carbons (Fsp3) is 0.573. The summed E-state index contributed by atoms with van der Waals surface area (Å²) in [7, 11) is 0. The van der Waals surface area contributed by atoms with Crippen LogP contribution in [0.1, 0.15) is 195 Å². The van der Waals surface area contributed by atoms with Gasteiger partial charge in [0.05, 0.1) is 23.9 Å². The third kappa shape index (κ3) is 8.70. The first-order valence-electron chi connectivity index (χ1n) is 35.4. The molecule has 20 rings (SSSR count). The number of rotatable bonds is 5. The van der Waals surface area contributed by atoms with Crippen LogP contribution in [0.4, 0.5) is 0 Å². The first-order valence-corrected chi connectivity index (χ1v) is 35.4. The number of allylic oxidation sites excluding steroid dienone is 9. The predicted octanol–water partition coefficient (Wildman–Crippen LogP) is 15.2. The van der Waals surface area contributed by atoms with E-state index in [0.717, 1.165) is 83.1 Å². The lowest BCUT2D eigenvalue weighted by Crippen LogP contribution is -2.68. The summed E-state index contributed by atoms with van der Waals surface area (Å²) < 4.78 is 0. The average molecular weight is 1180 g/mol. The normalized spacial score (nSPS) is 40.6. The SMILES string of the molecule is C=C1CCC(C(=O)O)C2C(O)CC3(C4CCC5(CCC(Cc6cc(C)cc(C)c6)C5)C4)C4=C(CCC23C)C23CCC(O)C56CC#CCC(C7=c8ccccc8=CC2C7=CC(C=CC5)(C4)C63)c2cccc(c2)C2=CC=C(NCCCC1C1CCCCC1)NC2. The minimum atomic E-state index is -0.734. The van der Waals surface area contributed by atoms with Crippen molar-refractivity contribution in [2.24, 2.45) is 79.8 Å². The Bertz CT molecular complexity index is 3720. The second-order valence-corrected chi connectivity index (χ2v) is 32.0. The molecule has 3 aromatic rings. The average Bonchev–Trinajstić information content (AvgIpc) is 0.962. The first kappa shape index (κ1) is 57.5. The molecule has 16 unspecified atom stereocenters. The number of hydrogen-bond acceptors (Lipinski definition) is 5. The van der Waals surface area contributed by atoms with E-state index in [9.17, 15) is 20.1 Å². The molecule has 0 saturated heterocycles. The van der Waals surface area contributed by atoms with Crippen molar-refractivity contribution in [1.29, 1.82) is 0 Å². The molecule has 3 spiro atoms. The molecular weight excluding hydrogens is 1080 g/mol. The second-order valence-electron chi connectivity index (χ2n) is 32.0. The number of aryl methyl sites for hydroxylation is 2. The van der Waals surface area contributed by atoms with Gasteiger partial charge in [0.15, 0.2) is 0 Å². The number of benzene rings is 3. The minimum absolute atomic E-state index is 0.0234. The van der Waals surface area contributed by atoms with E-state index < -0.39 is 40.3 Å². The Morgan fingerprint density at radius 1 is 0.807 bits per heavy atom. The topological polar surface area (TPSA) is 102 Å². The Hall–Kier alpha value is -5.61. The van der Waals surface area contributed by atoms with Crippen molar-refractivity contribution in [2.45, 2.75) is 199 Å². The number of aliphatic carboxylic acids is 1. The molecule has 17 aliphatic rings. The number of dihydropyridines is 1. The van der Waals surface area contributed by atoms with Crippen molar-refractivity contribution in [3.63, 3.8) is 0 Å². The third-order valence-electron chi connectivity index (χ3n) is 27.9. The molecule has 0 aromatic heterocycles. The molecule has 460 valence electrons. The number of aliphatic hydroxyl groups is 2. The number of fused-ring (bicyclic) bond motifs is 1. The standard InChI is InChI=1S/C82H98N2O4/c1-51-39-52(2)41-55(40-51)42-54-27-35-78(45-54)36-28-61(46-78)82-49-70(85)74-65(75(87)88)25-23-53(3)62(56-15-6-5-7-16-56)22-13-38-83-72-26-24-60(50-84-72)57-18-12-19-58(43-57)63-21-10-11-32-80-33-14-31-79-47-66-68(44-59-17-8-9-20-64(59)73(63)66)81(76(79)80,37-30-71(80)86)67(69(82)48-79)29-34-77(74,82)4/h8-9,12,14,17-20,24,26,31,39-41,43-44,47,54,56,61-63,65,68,70-71,74,76,83-86H,3,5-7,13,15-16,21-23,25,27-30,32-38,42,45-46,48-50H2,1-2,4H3,(H,87,88). The van der Waals surface area contributed by atoms with Crippen LogP contribution in [0.15, 0.2) is 132 Å². The van der Waals surface area contributed by atoms with Crippen molar-refractivity contribution < 1.29 is 20.1 Å². The molecule has 6 heterocycles. The van der Waals surface area contributed by atoms with E-state index >= 15 is 0 Å². The summed E-state index contributed by atoms with van der Waals surface area (Å²) in [6, 6.07) is 25.9. The Balaban J connectivity index is 0.897. The zero-order valence-electron chi connectivity index (χ0n) is 53.2. The Labute approximate surface area is 525 Å². The van der Waals surface area contributed by atoms with E-state index in [0.29, 0.717) is 55.8 Å². The molecule has 6 heteroatoms. The molecule has 16 atom stereocenters. The number of aliphatic hydroxyl groups excluding tert-OH is 2. The summed E-state index contributed by atoms with van der Waals surface area (Å²) in [6.45, 7) is 13.6. The Kier molecular flexibility index (Phi) is 14.1. The van der Waals surface area contributed by atoms with Crippen molar-refractivity contribution >= 4 is 23.2 Å². The summed E-state index contributed by atoms with van der Waals surface area (Å²) in [6.07, 6.45) is 39.3. The highest BCUT2D eigenvalue weighted by atomic mass is 16.4. The van der Waals surface area contributed by atoms with E-state index in [-0.39, 0.29) is 39.9 Å². The van der Waals surface area contributed by atoms with E-state index in [2.05, 4.69) is 146 Å². The van der Waals surface area contributed by atoms with Crippen molar-refractivity contribution in [2.75, 3.05) is 13.1 Å². The van der Waals surface area contributed by atoms with Gasteiger partial charge in [-0.3, -0.25) is 4.79 Å². The quantitative estimate of drug-likeness (QED) is 0.129. The third-order valence-corrected chi connectivity index (χ3v) is 27.9. The van der Waals surface area contributed by atoms with E-state index in [1.807, 2.05) is 0 Å². The van der Waals surface area contributed by atoms with Gasteiger partial charge in [0.25, 0.3) is 0 Å². The van der Waals surface area contributed by atoms with Gasteiger partial charge >= 0.3 is 5.97 Å². The molecule has 88 heavy (non-hydrogen) atoms. The maximum atomic E-state index is 14.7. The summed E-state index contributed by atoms with van der Waals surface area (Å²) in [5.74, 6) is 9.31. The fourth-order valence-electron chi connectivity index (χ4n) is 24.8. The van der Waals surface area contributed by atoms with Crippen LogP contribution in [-0.2, 0) is 11.2 Å². The lowest BCUT2D eigenvalue weighted by atomic mass is 9.30. The molecule has 6 nitrogen and oxygen atoms in total. The number of carboxylic acids is 1. The Morgan fingerprint density at radius 2 is 1.65 bits per heavy atom. The highest BCUT2D eigenvalue weighted by Crippen LogP contribution is 2.83. The minimum Gasteiger partial charge on any atom is -0.481 e. The largest absolute Gasteiger partial charge is 0.481 e. The van der Waals surface area contributed by atoms with Gasteiger partial charge < -0.3 is 26.0 Å². The van der Waals surface area contributed by atoms with Gasteiger partial charge in [0.1, 0.15) is 0 Å². The zero-order chi connectivity index (χ0) is 60.0. The maximum Gasteiger partial charge on any atom is 0.306 e. The van der Waals surface area contributed by atoms with Gasteiger partial charge in [-0.1, -0.05) is 158 Å². The monoisotopic (exact) mass is 1170 g/mol. The number of carbonyl (C=O) groups is 1. The highest BCUT2D eigenvalue weighted by Gasteiger charge is 2.77. The van der Waals surface area contributed by atoms with Crippen LogP contribution < -0.4 is 21.1 Å². The van der Waals surface area contributed by atoms with E-state index in [4.69, 9.17) is 6.58 Å². The summed E-state index contributed by atoms with van der Waals surface area (Å²) >= 11 is 0. The second kappa shape index (κ2) is 21.5. The number of nitrogens with one attached hydrogen (secondary N) is 2. The molecule has 0 radical (unpaired) electrons. The van der Waals surface area contributed by atoms with E-state index in [1.54, 1.807) is 11.1 Å². The summed E-state index contributed by atoms with van der Waals surface area (Å²) in [5.41, 5.74) is 13.8. The molecule has 17 bridgehead atoms. The van der Waals surface area contributed by atoms with Gasteiger partial charge in [-0.15, -0.1) is 11.8 Å². The van der Waals surface area contributed by atoms with Crippen LogP contribution in [0.5, 0.6) is 0 Å². The van der Waals surface area contributed by atoms with Gasteiger partial charge in [0, 0.05) is 65.3 Å². The lowest BCUT2D eigenvalue weighted by molar-refractivity contribution is -0.169. The lowest BCUT2D eigenvalue weighted by Gasteiger charge is -2.73. The summed E-state index contributed by atoms with van der Waals surface area (Å²) in [5, 5.41) is 49.1. The molecule has 0 amide bonds. The molecule has 11 aliphatic carbocycles. The number of carboxylic acid groups (broad SMARTS) is 1. The van der Waals surface area contributed by atoms with Gasteiger partial charge in [0.2, 0.25) is 0 Å². The molecule has 5 fully saturated rings. The molecule has 5 saturated carbocycles. The van der Waals surface area contributed by atoms with Crippen LogP contribution in [0.25, 0.3) is 17.2 Å². The van der Waals surface area contributed by atoms with E-state index in [1.165, 1.54) is 125 Å². The fourth-order valence-corrected chi connectivity index (χ4v) is 24.8.